The summed E-state index contributed by atoms with van der Waals surface area (Å²) in [6.45, 7) is 0.164. The summed E-state index contributed by atoms with van der Waals surface area (Å²) >= 11 is 1.13. The molecule has 3 rings (SSSR count). The summed E-state index contributed by atoms with van der Waals surface area (Å²) in [6.07, 6.45) is -0.0211. The van der Waals surface area contributed by atoms with Crippen molar-refractivity contribution in [1.82, 2.24) is 4.72 Å². The van der Waals surface area contributed by atoms with Gasteiger partial charge in [0.2, 0.25) is 10.0 Å². The first-order valence-electron chi connectivity index (χ1n) is 8.38. The number of hydrogen-bond acceptors (Lipinski definition) is 5. The molecule has 0 saturated heterocycles. The molecular formula is C20H19NO4S2. The molecule has 0 fully saturated rings. The molecule has 140 valence electrons. The van der Waals surface area contributed by atoms with Crippen molar-refractivity contribution in [3.63, 3.8) is 0 Å². The van der Waals surface area contributed by atoms with Gasteiger partial charge in [0, 0.05) is 6.54 Å². The molecule has 0 unspecified atom stereocenters. The second kappa shape index (κ2) is 8.94. The molecule has 0 bridgehead atoms. The molecule has 0 saturated carbocycles. The Balaban J connectivity index is 1.44. The third-order valence-electron chi connectivity index (χ3n) is 3.84. The maximum absolute atomic E-state index is 12.0. The number of thiophene rings is 1. The Bertz CT molecular complexity index is 967. The van der Waals surface area contributed by atoms with Crippen molar-refractivity contribution < 1.29 is 17.9 Å². The lowest BCUT2D eigenvalue weighted by Gasteiger charge is -2.07. The molecule has 1 aromatic heterocycles. The Labute approximate surface area is 162 Å². The largest absolute Gasteiger partial charge is 0.461 e. The first-order valence-corrected chi connectivity index (χ1v) is 10.7. The second-order valence-corrected chi connectivity index (χ2v) is 8.74. The summed E-state index contributed by atoms with van der Waals surface area (Å²) in [5, 5.41) is 1.69. The van der Waals surface area contributed by atoms with Crippen molar-refractivity contribution >= 4 is 27.3 Å². The molecule has 0 atom stereocenters. The number of esters is 1. The van der Waals surface area contributed by atoms with E-state index in [1.807, 2.05) is 54.6 Å². The topological polar surface area (TPSA) is 72.5 Å². The zero-order valence-corrected chi connectivity index (χ0v) is 16.1. The van der Waals surface area contributed by atoms with Gasteiger partial charge < -0.3 is 4.74 Å². The number of nitrogens with one attached hydrogen (secondary N) is 1. The molecule has 0 aliphatic rings. The number of sulfonamides is 1. The van der Waals surface area contributed by atoms with Crippen LogP contribution in [-0.4, -0.2) is 20.9 Å². The molecular weight excluding hydrogens is 382 g/mol. The van der Waals surface area contributed by atoms with Gasteiger partial charge >= 0.3 is 5.97 Å². The summed E-state index contributed by atoms with van der Waals surface area (Å²) in [5.74, 6) is -0.448. The Hall–Kier alpha value is -2.48. The van der Waals surface area contributed by atoms with Gasteiger partial charge in [0.15, 0.2) is 0 Å². The Morgan fingerprint density at radius 1 is 0.926 bits per heavy atom. The van der Waals surface area contributed by atoms with Crippen molar-refractivity contribution in [2.24, 2.45) is 0 Å². The van der Waals surface area contributed by atoms with Gasteiger partial charge in [0.1, 0.15) is 10.8 Å². The minimum Gasteiger partial charge on any atom is -0.461 e. The molecule has 5 nitrogen and oxygen atoms in total. The van der Waals surface area contributed by atoms with Crippen molar-refractivity contribution in [3.8, 4) is 11.1 Å². The van der Waals surface area contributed by atoms with Gasteiger partial charge in [0.05, 0.1) is 6.42 Å². The maximum atomic E-state index is 12.0. The molecule has 0 aliphatic carbocycles. The molecule has 7 heteroatoms. The van der Waals surface area contributed by atoms with Crippen LogP contribution < -0.4 is 4.72 Å². The summed E-state index contributed by atoms with van der Waals surface area (Å²) < 4.78 is 31.7. The number of benzene rings is 2. The van der Waals surface area contributed by atoms with Crippen LogP contribution in [-0.2, 0) is 26.2 Å². The van der Waals surface area contributed by atoms with Crippen LogP contribution >= 0.6 is 11.3 Å². The third-order valence-corrected chi connectivity index (χ3v) is 6.70. The molecule has 1 heterocycles. The van der Waals surface area contributed by atoms with Crippen molar-refractivity contribution in [2.75, 3.05) is 6.54 Å². The smallest absolute Gasteiger partial charge is 0.307 e. The summed E-state index contributed by atoms with van der Waals surface area (Å²) in [7, 11) is -3.55. The van der Waals surface area contributed by atoms with E-state index in [1.165, 1.54) is 6.07 Å². The van der Waals surface area contributed by atoms with Crippen LogP contribution in [0.25, 0.3) is 11.1 Å². The fraction of sp³-hybridized carbons (Fsp3) is 0.150. The first kappa shape index (κ1) is 19.3. The van der Waals surface area contributed by atoms with E-state index in [1.54, 1.807) is 11.4 Å². The van der Waals surface area contributed by atoms with Crippen LogP contribution in [0.3, 0.4) is 0 Å². The highest BCUT2D eigenvalue weighted by Gasteiger charge is 2.15. The number of carbonyl (C=O) groups excluding carboxylic acids is 1. The Morgan fingerprint density at radius 2 is 1.63 bits per heavy atom. The van der Waals surface area contributed by atoms with Crippen LogP contribution in [0.1, 0.15) is 12.0 Å². The summed E-state index contributed by atoms with van der Waals surface area (Å²) in [6, 6.07) is 21.0. The van der Waals surface area contributed by atoms with E-state index in [9.17, 15) is 13.2 Å². The van der Waals surface area contributed by atoms with E-state index in [2.05, 4.69) is 4.72 Å². The lowest BCUT2D eigenvalue weighted by Crippen LogP contribution is -2.26. The molecule has 2 aromatic carbocycles. The van der Waals surface area contributed by atoms with Gasteiger partial charge in [-0.2, -0.15) is 0 Å². The quantitative estimate of drug-likeness (QED) is 0.582. The highest BCUT2D eigenvalue weighted by Crippen LogP contribution is 2.19. The maximum Gasteiger partial charge on any atom is 0.307 e. The number of ether oxygens (including phenoxy) is 1. The van der Waals surface area contributed by atoms with Gasteiger partial charge in [-0.1, -0.05) is 60.7 Å². The van der Waals surface area contributed by atoms with Gasteiger partial charge in [-0.3, -0.25) is 4.79 Å². The number of carbonyl (C=O) groups is 1. The summed E-state index contributed by atoms with van der Waals surface area (Å²) in [5.41, 5.74) is 3.09. The molecule has 0 spiro atoms. The van der Waals surface area contributed by atoms with Crippen LogP contribution in [0, 0.1) is 0 Å². The van der Waals surface area contributed by atoms with Crippen molar-refractivity contribution in [1.29, 1.82) is 0 Å². The lowest BCUT2D eigenvalue weighted by molar-refractivity contribution is -0.144. The zero-order chi connectivity index (χ0) is 19.1. The van der Waals surface area contributed by atoms with Crippen LogP contribution in [0.15, 0.2) is 76.3 Å². The fourth-order valence-corrected chi connectivity index (χ4v) is 4.50. The molecule has 0 amide bonds. The standard InChI is InChI=1S/C20H19NO4S2/c22-19(12-13-21-27(23,24)20-7-4-14-26-20)25-15-16-8-10-18(11-9-16)17-5-2-1-3-6-17/h1-11,14,21H,12-13,15H2. The van der Waals surface area contributed by atoms with E-state index in [0.29, 0.717) is 0 Å². The van der Waals surface area contributed by atoms with Crippen molar-refractivity contribution in [2.45, 2.75) is 17.2 Å². The van der Waals surface area contributed by atoms with E-state index < -0.39 is 16.0 Å². The fourth-order valence-electron chi connectivity index (χ4n) is 2.44. The predicted octanol–water partition coefficient (Wildman–Crippen LogP) is 3.83. The molecule has 0 aliphatic heterocycles. The number of rotatable bonds is 8. The van der Waals surface area contributed by atoms with E-state index in [4.69, 9.17) is 4.74 Å². The predicted molar refractivity (Wildman–Crippen MR) is 106 cm³/mol. The molecule has 27 heavy (non-hydrogen) atoms. The summed E-state index contributed by atoms with van der Waals surface area (Å²) in [4.78, 5) is 11.8. The number of hydrogen-bond donors (Lipinski definition) is 1. The molecule has 1 N–H and O–H groups in total. The second-order valence-electron chi connectivity index (χ2n) is 5.80. The van der Waals surface area contributed by atoms with E-state index in [0.717, 1.165) is 28.0 Å². The van der Waals surface area contributed by atoms with E-state index in [-0.39, 0.29) is 23.8 Å². The average molecular weight is 402 g/mol. The van der Waals surface area contributed by atoms with Crippen LogP contribution in [0.5, 0.6) is 0 Å². The SMILES string of the molecule is O=C(CCNS(=O)(=O)c1cccs1)OCc1ccc(-c2ccccc2)cc1. The van der Waals surface area contributed by atoms with Gasteiger partial charge in [-0.25, -0.2) is 13.1 Å². The first-order chi connectivity index (χ1) is 13.0. The minimum atomic E-state index is -3.55. The van der Waals surface area contributed by atoms with Crippen LogP contribution in [0.4, 0.5) is 0 Å². The highest BCUT2D eigenvalue weighted by molar-refractivity contribution is 7.91. The average Bonchev–Trinajstić information content (AvgIpc) is 3.23. The highest BCUT2D eigenvalue weighted by atomic mass is 32.2. The van der Waals surface area contributed by atoms with Gasteiger partial charge in [-0.15, -0.1) is 11.3 Å². The third kappa shape index (κ3) is 5.50. The lowest BCUT2D eigenvalue weighted by atomic mass is 10.0. The molecule has 0 radical (unpaired) electrons. The Kier molecular flexibility index (Phi) is 6.39. The minimum absolute atomic E-state index is 0.00596. The normalized spacial score (nSPS) is 11.3. The molecule has 3 aromatic rings. The van der Waals surface area contributed by atoms with Gasteiger partial charge in [-0.05, 0) is 28.1 Å². The van der Waals surface area contributed by atoms with Crippen molar-refractivity contribution in [3.05, 3.63) is 77.7 Å². The van der Waals surface area contributed by atoms with Gasteiger partial charge in [0.25, 0.3) is 0 Å². The Morgan fingerprint density at radius 3 is 2.30 bits per heavy atom. The van der Waals surface area contributed by atoms with Crippen LogP contribution in [0.2, 0.25) is 0 Å². The zero-order valence-electron chi connectivity index (χ0n) is 14.5. The monoisotopic (exact) mass is 401 g/mol. The van der Waals surface area contributed by atoms with E-state index >= 15 is 0 Å².